The van der Waals surface area contributed by atoms with E-state index < -0.39 is 0 Å². The molecule has 0 aliphatic heterocycles. The molecule has 5 nitrogen and oxygen atoms in total. The Morgan fingerprint density at radius 3 is 2.28 bits per heavy atom. The summed E-state index contributed by atoms with van der Waals surface area (Å²) in [6.45, 7) is 0. The summed E-state index contributed by atoms with van der Waals surface area (Å²) in [5.41, 5.74) is 1.93. The molecule has 0 radical (unpaired) electrons. The molecule has 0 spiro atoms. The van der Waals surface area contributed by atoms with Crippen LogP contribution in [0.15, 0.2) is 54.0 Å². The first-order chi connectivity index (χ1) is 8.90. The van der Waals surface area contributed by atoms with E-state index in [2.05, 4.69) is 20.3 Å². The zero-order chi connectivity index (χ0) is 12.6. The molecule has 1 atom stereocenters. The van der Waals surface area contributed by atoms with Crippen LogP contribution in [0.2, 0.25) is 0 Å². The largest absolute Gasteiger partial charge is 0.351 e. The van der Waals surface area contributed by atoms with Crippen LogP contribution >= 0.6 is 0 Å². The average molecular weight is 239 g/mol. The lowest BCUT2D eigenvalue weighted by molar-refractivity contribution is 0.693. The molecular weight excluding hydrogens is 226 g/mol. The summed E-state index contributed by atoms with van der Waals surface area (Å²) < 4.78 is 0. The van der Waals surface area contributed by atoms with Gasteiger partial charge in [0.25, 0.3) is 0 Å². The highest BCUT2D eigenvalue weighted by molar-refractivity contribution is 5.79. The fraction of sp³-hybridized carbons (Fsp3) is 0.0769. The molecule has 0 amide bonds. The van der Waals surface area contributed by atoms with E-state index in [4.69, 9.17) is 5.41 Å². The Kier molecular flexibility index (Phi) is 4.13. The molecule has 18 heavy (non-hydrogen) atoms. The third-order valence-corrected chi connectivity index (χ3v) is 2.34. The van der Waals surface area contributed by atoms with E-state index in [1.165, 1.54) is 0 Å². The number of pyridine rings is 2. The molecule has 0 aliphatic rings. The van der Waals surface area contributed by atoms with Crippen molar-refractivity contribution in [2.24, 2.45) is 4.99 Å². The molecule has 0 bridgehead atoms. The molecule has 2 N–H and O–H groups in total. The van der Waals surface area contributed by atoms with Gasteiger partial charge in [-0.1, -0.05) is 0 Å². The first-order valence-corrected chi connectivity index (χ1v) is 5.48. The van der Waals surface area contributed by atoms with E-state index in [0.29, 0.717) is 0 Å². The van der Waals surface area contributed by atoms with Crippen molar-refractivity contribution in [3.63, 3.8) is 0 Å². The fourth-order valence-corrected chi connectivity index (χ4v) is 1.46. The van der Waals surface area contributed by atoms with Crippen LogP contribution in [0.5, 0.6) is 0 Å². The van der Waals surface area contributed by atoms with Crippen LogP contribution < -0.4 is 5.32 Å². The summed E-state index contributed by atoms with van der Waals surface area (Å²) in [6.07, 6.45) is 9.45. The summed E-state index contributed by atoms with van der Waals surface area (Å²) >= 11 is 0. The highest BCUT2D eigenvalue weighted by Crippen LogP contribution is 2.12. The van der Waals surface area contributed by atoms with Crippen molar-refractivity contribution in [1.29, 1.82) is 5.41 Å². The van der Waals surface area contributed by atoms with Gasteiger partial charge >= 0.3 is 0 Å². The minimum atomic E-state index is -0.279. The average Bonchev–Trinajstić information content (AvgIpc) is 2.45. The Morgan fingerprint density at radius 1 is 1.06 bits per heavy atom. The van der Waals surface area contributed by atoms with E-state index in [1.807, 2.05) is 24.3 Å². The molecule has 90 valence electrons. The van der Waals surface area contributed by atoms with Crippen LogP contribution in [0.1, 0.15) is 17.3 Å². The number of aliphatic imine (C=N–C) groups is 1. The highest BCUT2D eigenvalue weighted by atomic mass is 15.1. The predicted molar refractivity (Wildman–Crippen MR) is 70.7 cm³/mol. The van der Waals surface area contributed by atoms with Gasteiger partial charge in [0, 0.05) is 31.0 Å². The summed E-state index contributed by atoms with van der Waals surface area (Å²) in [5.74, 6) is 0. The van der Waals surface area contributed by atoms with Gasteiger partial charge in [-0.25, -0.2) is 0 Å². The first-order valence-electron chi connectivity index (χ1n) is 5.48. The van der Waals surface area contributed by atoms with E-state index in [9.17, 15) is 0 Å². The van der Waals surface area contributed by atoms with Crippen molar-refractivity contribution >= 4 is 12.6 Å². The zero-order valence-electron chi connectivity index (χ0n) is 9.69. The minimum Gasteiger partial charge on any atom is -0.351 e. The normalized spacial score (nSPS) is 12.2. The number of hydrogen-bond acceptors (Lipinski definition) is 4. The van der Waals surface area contributed by atoms with Crippen molar-refractivity contribution in [2.75, 3.05) is 0 Å². The number of rotatable bonds is 5. The summed E-state index contributed by atoms with van der Waals surface area (Å²) in [6, 6.07) is 7.48. The second-order valence-corrected chi connectivity index (χ2v) is 3.55. The Hall–Kier alpha value is -2.56. The van der Waals surface area contributed by atoms with Gasteiger partial charge in [0.05, 0.1) is 6.34 Å². The van der Waals surface area contributed by atoms with Crippen molar-refractivity contribution in [3.8, 4) is 0 Å². The Morgan fingerprint density at radius 2 is 1.67 bits per heavy atom. The lowest BCUT2D eigenvalue weighted by Crippen LogP contribution is -2.17. The van der Waals surface area contributed by atoms with Gasteiger partial charge in [0.2, 0.25) is 0 Å². The topological polar surface area (TPSA) is 74.0 Å². The van der Waals surface area contributed by atoms with E-state index >= 15 is 0 Å². The second-order valence-electron chi connectivity index (χ2n) is 3.55. The lowest BCUT2D eigenvalue weighted by atomic mass is 10.2. The third-order valence-electron chi connectivity index (χ3n) is 2.34. The molecule has 2 aromatic heterocycles. The van der Waals surface area contributed by atoms with E-state index in [1.54, 1.807) is 31.0 Å². The molecule has 0 saturated carbocycles. The van der Waals surface area contributed by atoms with Gasteiger partial charge in [-0.3, -0.25) is 20.4 Å². The Labute approximate surface area is 105 Å². The lowest BCUT2D eigenvalue weighted by Gasteiger charge is -2.11. The summed E-state index contributed by atoms with van der Waals surface area (Å²) in [4.78, 5) is 12.3. The maximum Gasteiger partial charge on any atom is 0.145 e. The van der Waals surface area contributed by atoms with Crippen LogP contribution in [0.3, 0.4) is 0 Å². The van der Waals surface area contributed by atoms with Gasteiger partial charge in [0.15, 0.2) is 0 Å². The monoisotopic (exact) mass is 239 g/mol. The zero-order valence-corrected chi connectivity index (χ0v) is 9.69. The van der Waals surface area contributed by atoms with Crippen LogP contribution in [0, 0.1) is 5.41 Å². The molecule has 0 fully saturated rings. The predicted octanol–water partition coefficient (Wildman–Crippen LogP) is 1.79. The maximum atomic E-state index is 7.13. The molecule has 1 unspecified atom stereocenters. The Bertz CT molecular complexity index is 509. The quantitative estimate of drug-likeness (QED) is 0.617. The van der Waals surface area contributed by atoms with Gasteiger partial charge in [0.1, 0.15) is 6.17 Å². The molecule has 0 saturated heterocycles. The standard InChI is InChI=1S/C13H13N5/c14-10-18-13(12-3-7-16-8-4-12)17-9-11-1-5-15-6-2-11/h1-10,13H,(H2,14,18)/b17-9+. The maximum absolute atomic E-state index is 7.13. The highest BCUT2D eigenvalue weighted by Gasteiger charge is 2.05. The van der Waals surface area contributed by atoms with E-state index in [0.717, 1.165) is 17.5 Å². The number of hydrogen-bond donors (Lipinski definition) is 2. The molecular formula is C13H13N5. The molecule has 5 heteroatoms. The molecule has 2 heterocycles. The van der Waals surface area contributed by atoms with Crippen LogP contribution in [0.25, 0.3) is 0 Å². The van der Waals surface area contributed by atoms with Gasteiger partial charge in [-0.2, -0.15) is 0 Å². The number of aromatic nitrogens is 2. The Balaban J connectivity index is 2.17. The smallest absolute Gasteiger partial charge is 0.145 e. The van der Waals surface area contributed by atoms with Gasteiger partial charge in [-0.05, 0) is 35.4 Å². The molecule has 2 rings (SSSR count). The summed E-state index contributed by atoms with van der Waals surface area (Å²) in [7, 11) is 0. The van der Waals surface area contributed by atoms with Crippen molar-refractivity contribution < 1.29 is 0 Å². The van der Waals surface area contributed by atoms with Crippen molar-refractivity contribution in [2.45, 2.75) is 6.17 Å². The van der Waals surface area contributed by atoms with Crippen LogP contribution in [-0.4, -0.2) is 22.5 Å². The van der Waals surface area contributed by atoms with Gasteiger partial charge < -0.3 is 5.32 Å². The third kappa shape index (κ3) is 3.21. The van der Waals surface area contributed by atoms with Crippen molar-refractivity contribution in [1.82, 2.24) is 15.3 Å². The van der Waals surface area contributed by atoms with Crippen molar-refractivity contribution in [3.05, 3.63) is 60.2 Å². The first kappa shape index (κ1) is 11.9. The van der Waals surface area contributed by atoms with Crippen LogP contribution in [0.4, 0.5) is 0 Å². The molecule has 2 aromatic rings. The summed E-state index contributed by atoms with van der Waals surface area (Å²) in [5, 5.41) is 10.00. The minimum absolute atomic E-state index is 0.279. The van der Waals surface area contributed by atoms with E-state index in [-0.39, 0.29) is 6.17 Å². The fourth-order valence-electron chi connectivity index (χ4n) is 1.46. The van der Waals surface area contributed by atoms with Crippen LogP contribution in [-0.2, 0) is 0 Å². The SMILES string of the molecule is N=CNC(/N=C/c1ccncc1)c1ccncc1. The molecule has 0 aromatic carbocycles. The molecule has 0 aliphatic carbocycles. The van der Waals surface area contributed by atoms with Gasteiger partial charge in [-0.15, -0.1) is 0 Å². The second kappa shape index (κ2) is 6.24. The number of nitrogens with zero attached hydrogens (tertiary/aromatic N) is 3. The number of nitrogens with one attached hydrogen (secondary N) is 2.